The number of para-hydroxylation sites is 1. The van der Waals surface area contributed by atoms with E-state index < -0.39 is 10.8 Å². The monoisotopic (exact) mass is 387 g/mol. The van der Waals surface area contributed by atoms with Gasteiger partial charge in [0.25, 0.3) is 5.69 Å². The molecule has 0 heterocycles. The van der Waals surface area contributed by atoms with Crippen LogP contribution in [0.5, 0.6) is 0 Å². The molecule has 0 saturated carbocycles. The molecular formula is C19H21N3O4S. The number of amides is 2. The van der Waals surface area contributed by atoms with Gasteiger partial charge < -0.3 is 11.1 Å². The summed E-state index contributed by atoms with van der Waals surface area (Å²) < 4.78 is 0. The summed E-state index contributed by atoms with van der Waals surface area (Å²) >= 11 is 1.04. The van der Waals surface area contributed by atoms with Gasteiger partial charge in [-0.25, -0.2) is 0 Å². The lowest BCUT2D eigenvalue weighted by atomic mass is 9.98. The molecule has 0 atom stereocenters. The highest BCUT2D eigenvalue weighted by Crippen LogP contribution is 2.31. The van der Waals surface area contributed by atoms with Crippen molar-refractivity contribution in [3.8, 4) is 0 Å². The summed E-state index contributed by atoms with van der Waals surface area (Å²) in [6.45, 7) is 6.01. The smallest absolute Gasteiger partial charge is 0.283 e. The molecule has 0 aliphatic heterocycles. The third kappa shape index (κ3) is 5.07. The number of nitrogens with two attached hydrogens (primary N) is 1. The lowest BCUT2D eigenvalue weighted by Gasteiger charge is -2.16. The standard InChI is InChI=1S/C19H21N3O4S/c1-11(2)14-6-4-5-12(3)18(14)21-17(23)10-27-16-8-7-13(19(20)24)9-15(16)22(25)26/h4-9,11H,10H2,1-3H3,(H2,20,24)(H,21,23). The molecule has 0 radical (unpaired) electrons. The molecule has 27 heavy (non-hydrogen) atoms. The Morgan fingerprint density at radius 3 is 2.56 bits per heavy atom. The molecule has 0 unspecified atom stereocenters. The molecule has 0 spiro atoms. The zero-order valence-corrected chi connectivity index (χ0v) is 16.1. The van der Waals surface area contributed by atoms with Crippen LogP contribution in [0.2, 0.25) is 0 Å². The molecule has 2 rings (SSSR count). The summed E-state index contributed by atoms with van der Waals surface area (Å²) in [6.07, 6.45) is 0. The Balaban J connectivity index is 2.15. The number of aryl methyl sites for hydroxylation is 1. The van der Waals surface area contributed by atoms with E-state index in [-0.39, 0.29) is 28.8 Å². The zero-order valence-electron chi connectivity index (χ0n) is 15.3. The van der Waals surface area contributed by atoms with Crippen LogP contribution in [0.4, 0.5) is 11.4 Å². The third-order valence-corrected chi connectivity index (χ3v) is 5.05. The fourth-order valence-electron chi connectivity index (χ4n) is 2.60. The number of primary amides is 1. The molecule has 0 aliphatic carbocycles. The highest BCUT2D eigenvalue weighted by atomic mass is 32.2. The van der Waals surface area contributed by atoms with Crippen LogP contribution in [0, 0.1) is 17.0 Å². The minimum atomic E-state index is -0.742. The van der Waals surface area contributed by atoms with Crippen molar-refractivity contribution in [2.24, 2.45) is 5.73 Å². The van der Waals surface area contributed by atoms with Gasteiger partial charge in [-0.2, -0.15) is 0 Å². The zero-order chi connectivity index (χ0) is 20.1. The van der Waals surface area contributed by atoms with Crippen LogP contribution < -0.4 is 11.1 Å². The van der Waals surface area contributed by atoms with Crippen molar-refractivity contribution < 1.29 is 14.5 Å². The van der Waals surface area contributed by atoms with E-state index in [1.165, 1.54) is 12.1 Å². The first-order valence-electron chi connectivity index (χ1n) is 8.31. The molecule has 2 amide bonds. The molecule has 0 fully saturated rings. The summed E-state index contributed by atoms with van der Waals surface area (Å²) in [4.78, 5) is 34.5. The molecule has 3 N–H and O–H groups in total. The first-order valence-corrected chi connectivity index (χ1v) is 9.29. The summed E-state index contributed by atoms with van der Waals surface area (Å²) in [5.41, 5.74) is 7.73. The minimum Gasteiger partial charge on any atom is -0.366 e. The maximum absolute atomic E-state index is 12.4. The highest BCUT2D eigenvalue weighted by Gasteiger charge is 2.19. The van der Waals surface area contributed by atoms with E-state index in [2.05, 4.69) is 5.32 Å². The van der Waals surface area contributed by atoms with Gasteiger partial charge in [-0.15, -0.1) is 11.8 Å². The Morgan fingerprint density at radius 1 is 1.26 bits per heavy atom. The van der Waals surface area contributed by atoms with Crippen molar-refractivity contribution in [3.63, 3.8) is 0 Å². The highest BCUT2D eigenvalue weighted by molar-refractivity contribution is 8.00. The Morgan fingerprint density at radius 2 is 1.96 bits per heavy atom. The van der Waals surface area contributed by atoms with E-state index in [1.54, 1.807) is 0 Å². The molecule has 142 valence electrons. The Labute approximate surface area is 161 Å². The lowest BCUT2D eigenvalue weighted by molar-refractivity contribution is -0.387. The minimum absolute atomic E-state index is 0.00261. The van der Waals surface area contributed by atoms with E-state index in [0.717, 1.165) is 34.6 Å². The van der Waals surface area contributed by atoms with Crippen molar-refractivity contribution in [2.75, 3.05) is 11.1 Å². The van der Waals surface area contributed by atoms with Gasteiger partial charge in [0.1, 0.15) is 0 Å². The predicted molar refractivity (Wildman–Crippen MR) is 106 cm³/mol. The van der Waals surface area contributed by atoms with Gasteiger partial charge in [-0.05, 0) is 36.1 Å². The second-order valence-electron chi connectivity index (χ2n) is 6.33. The molecule has 0 aromatic heterocycles. The van der Waals surface area contributed by atoms with Crippen LogP contribution in [0.15, 0.2) is 41.3 Å². The molecule has 2 aromatic carbocycles. The average molecular weight is 387 g/mol. The SMILES string of the molecule is Cc1cccc(C(C)C)c1NC(=O)CSc1ccc(C(N)=O)cc1[N+](=O)[O-]. The maximum atomic E-state index is 12.4. The first-order chi connectivity index (χ1) is 12.7. The Kier molecular flexibility index (Phi) is 6.57. The number of nitro benzene ring substituents is 1. The number of nitrogens with one attached hydrogen (secondary N) is 1. The molecule has 0 bridgehead atoms. The van der Waals surface area contributed by atoms with Crippen molar-refractivity contribution in [1.29, 1.82) is 0 Å². The Hall–Kier alpha value is -2.87. The third-order valence-electron chi connectivity index (χ3n) is 3.99. The molecule has 7 nitrogen and oxygen atoms in total. The van der Waals surface area contributed by atoms with E-state index >= 15 is 0 Å². The van der Waals surface area contributed by atoms with Gasteiger partial charge in [0.15, 0.2) is 0 Å². The molecule has 8 heteroatoms. The van der Waals surface area contributed by atoms with Crippen LogP contribution in [0.1, 0.15) is 41.3 Å². The van der Waals surface area contributed by atoms with Gasteiger partial charge >= 0.3 is 0 Å². The van der Waals surface area contributed by atoms with Gasteiger partial charge in [0.05, 0.1) is 15.6 Å². The summed E-state index contributed by atoms with van der Waals surface area (Å²) in [6, 6.07) is 9.80. The van der Waals surface area contributed by atoms with Crippen LogP contribution in [0.3, 0.4) is 0 Å². The number of carbonyl (C=O) groups excluding carboxylic acids is 2. The van der Waals surface area contributed by atoms with Gasteiger partial charge in [0.2, 0.25) is 11.8 Å². The molecule has 0 saturated heterocycles. The van der Waals surface area contributed by atoms with E-state index in [1.807, 2.05) is 39.0 Å². The first kappa shape index (κ1) is 20.4. The number of nitrogens with zero attached hydrogens (tertiary/aromatic N) is 1. The second-order valence-corrected chi connectivity index (χ2v) is 7.35. The van der Waals surface area contributed by atoms with E-state index in [9.17, 15) is 19.7 Å². The van der Waals surface area contributed by atoms with E-state index in [4.69, 9.17) is 5.73 Å². The topological polar surface area (TPSA) is 115 Å². The second kappa shape index (κ2) is 8.68. The fraction of sp³-hybridized carbons (Fsp3) is 0.263. The van der Waals surface area contributed by atoms with Crippen LogP contribution >= 0.6 is 11.8 Å². The number of hydrogen-bond donors (Lipinski definition) is 2. The van der Waals surface area contributed by atoms with Crippen molar-refractivity contribution in [2.45, 2.75) is 31.6 Å². The van der Waals surface area contributed by atoms with Crippen molar-refractivity contribution in [1.82, 2.24) is 0 Å². The van der Waals surface area contributed by atoms with E-state index in [0.29, 0.717) is 4.90 Å². The number of nitro groups is 1. The number of thioether (sulfide) groups is 1. The average Bonchev–Trinajstić information content (AvgIpc) is 2.61. The van der Waals surface area contributed by atoms with Gasteiger partial charge in [-0.3, -0.25) is 19.7 Å². The van der Waals surface area contributed by atoms with Gasteiger partial charge in [-0.1, -0.05) is 32.0 Å². The molecule has 2 aromatic rings. The van der Waals surface area contributed by atoms with Crippen LogP contribution in [-0.2, 0) is 4.79 Å². The van der Waals surface area contributed by atoms with Crippen LogP contribution in [-0.4, -0.2) is 22.5 Å². The predicted octanol–water partition coefficient (Wildman–Crippen LogP) is 3.86. The number of rotatable bonds is 7. The normalized spacial score (nSPS) is 10.7. The summed E-state index contributed by atoms with van der Waals surface area (Å²) in [5.74, 6) is -0.754. The van der Waals surface area contributed by atoms with Crippen LogP contribution in [0.25, 0.3) is 0 Å². The summed E-state index contributed by atoms with van der Waals surface area (Å²) in [7, 11) is 0. The lowest BCUT2D eigenvalue weighted by Crippen LogP contribution is -2.17. The Bertz CT molecular complexity index is 897. The number of benzene rings is 2. The molecule has 0 aliphatic rings. The summed E-state index contributed by atoms with van der Waals surface area (Å²) in [5, 5.41) is 14.1. The molecular weight excluding hydrogens is 366 g/mol. The fourth-order valence-corrected chi connectivity index (χ4v) is 3.40. The van der Waals surface area contributed by atoms with Crippen molar-refractivity contribution in [3.05, 3.63) is 63.2 Å². The number of hydrogen-bond acceptors (Lipinski definition) is 5. The van der Waals surface area contributed by atoms with Gasteiger partial charge in [0, 0.05) is 17.3 Å². The van der Waals surface area contributed by atoms with Crippen molar-refractivity contribution >= 4 is 35.0 Å². The number of anilines is 1. The maximum Gasteiger partial charge on any atom is 0.283 e. The number of carbonyl (C=O) groups is 2. The largest absolute Gasteiger partial charge is 0.366 e. The quantitative estimate of drug-likeness (QED) is 0.425.